The molecule has 1 amide bonds. The van der Waals surface area contributed by atoms with Gasteiger partial charge in [0.1, 0.15) is 11.6 Å². The molecule has 2 aromatic carbocycles. The van der Waals surface area contributed by atoms with Crippen molar-refractivity contribution in [1.29, 1.82) is 5.26 Å². The van der Waals surface area contributed by atoms with E-state index in [9.17, 15) is 13.6 Å². The lowest BCUT2D eigenvalue weighted by Crippen LogP contribution is -2.30. The molecule has 1 N–H and O–H groups in total. The summed E-state index contributed by atoms with van der Waals surface area (Å²) in [6, 6.07) is 12.0. The Balaban J connectivity index is 1.94. The standard InChI is InChI=1S/C17H15F2N3O/c1-22(10-13-4-2-3-12(7-13)9-20)11-17(23)21-16-8-14(18)5-6-15(16)19/h2-8H,10-11H2,1H3,(H,21,23). The van der Waals surface area contributed by atoms with E-state index in [1.54, 1.807) is 30.1 Å². The van der Waals surface area contributed by atoms with Crippen molar-refractivity contribution >= 4 is 11.6 Å². The van der Waals surface area contributed by atoms with Gasteiger partial charge in [-0.3, -0.25) is 9.69 Å². The number of likely N-dealkylation sites (N-methyl/N-ethyl adjacent to an activating group) is 1. The van der Waals surface area contributed by atoms with Gasteiger partial charge in [0.05, 0.1) is 23.9 Å². The van der Waals surface area contributed by atoms with Gasteiger partial charge in [0.25, 0.3) is 0 Å². The number of rotatable bonds is 5. The maximum Gasteiger partial charge on any atom is 0.238 e. The molecule has 23 heavy (non-hydrogen) atoms. The molecule has 4 nitrogen and oxygen atoms in total. The number of hydrogen-bond donors (Lipinski definition) is 1. The van der Waals surface area contributed by atoms with E-state index in [-0.39, 0.29) is 12.2 Å². The van der Waals surface area contributed by atoms with Gasteiger partial charge in [0.15, 0.2) is 0 Å². The summed E-state index contributed by atoms with van der Waals surface area (Å²) in [6.45, 7) is 0.460. The summed E-state index contributed by atoms with van der Waals surface area (Å²) in [5.41, 5.74) is 1.24. The highest BCUT2D eigenvalue weighted by Crippen LogP contribution is 2.15. The lowest BCUT2D eigenvalue weighted by Gasteiger charge is -2.16. The first-order chi connectivity index (χ1) is 11.0. The normalized spacial score (nSPS) is 10.4. The predicted molar refractivity (Wildman–Crippen MR) is 82.5 cm³/mol. The molecule has 0 atom stereocenters. The van der Waals surface area contributed by atoms with Crippen LogP contribution in [0, 0.1) is 23.0 Å². The predicted octanol–water partition coefficient (Wildman–Crippen LogP) is 2.91. The minimum atomic E-state index is -0.691. The van der Waals surface area contributed by atoms with E-state index in [2.05, 4.69) is 11.4 Å². The molecule has 2 rings (SSSR count). The zero-order chi connectivity index (χ0) is 16.8. The average molecular weight is 315 g/mol. The Morgan fingerprint density at radius 1 is 1.26 bits per heavy atom. The average Bonchev–Trinajstić information content (AvgIpc) is 2.50. The SMILES string of the molecule is CN(CC(=O)Nc1cc(F)ccc1F)Cc1cccc(C#N)c1. The second-order valence-corrected chi connectivity index (χ2v) is 5.16. The van der Waals surface area contributed by atoms with Crippen LogP contribution < -0.4 is 5.32 Å². The molecule has 0 bridgehead atoms. The third-order valence-electron chi connectivity index (χ3n) is 3.12. The molecule has 0 aliphatic carbocycles. The summed E-state index contributed by atoms with van der Waals surface area (Å²) in [4.78, 5) is 13.6. The Morgan fingerprint density at radius 3 is 2.78 bits per heavy atom. The van der Waals surface area contributed by atoms with Crippen LogP contribution in [0.1, 0.15) is 11.1 Å². The Labute approximate surface area is 133 Å². The number of nitrogens with zero attached hydrogens (tertiary/aromatic N) is 2. The number of benzene rings is 2. The van der Waals surface area contributed by atoms with E-state index >= 15 is 0 Å². The number of halogens is 2. The van der Waals surface area contributed by atoms with Crippen molar-refractivity contribution in [1.82, 2.24) is 4.90 Å². The highest BCUT2D eigenvalue weighted by molar-refractivity contribution is 5.92. The smallest absolute Gasteiger partial charge is 0.238 e. The summed E-state index contributed by atoms with van der Waals surface area (Å²) in [5, 5.41) is 11.2. The molecule has 0 aliphatic heterocycles. The first-order valence-electron chi connectivity index (χ1n) is 6.90. The zero-order valence-electron chi connectivity index (χ0n) is 12.5. The number of amides is 1. The van der Waals surface area contributed by atoms with Crippen molar-refractivity contribution in [2.75, 3.05) is 18.9 Å². The Bertz CT molecular complexity index is 756. The van der Waals surface area contributed by atoms with Crippen LogP contribution in [0.5, 0.6) is 0 Å². The summed E-state index contributed by atoms with van der Waals surface area (Å²) in [6.07, 6.45) is 0. The Hall–Kier alpha value is -2.78. The van der Waals surface area contributed by atoms with Gasteiger partial charge in [-0.2, -0.15) is 5.26 Å². The van der Waals surface area contributed by atoms with E-state index in [1.807, 2.05) is 6.07 Å². The molecule has 0 aromatic heterocycles. The lowest BCUT2D eigenvalue weighted by atomic mass is 10.1. The zero-order valence-corrected chi connectivity index (χ0v) is 12.5. The first-order valence-corrected chi connectivity index (χ1v) is 6.90. The van der Waals surface area contributed by atoms with Crippen molar-refractivity contribution in [3.8, 4) is 6.07 Å². The number of carbonyl (C=O) groups excluding carboxylic acids is 1. The van der Waals surface area contributed by atoms with Crippen LogP contribution in [-0.4, -0.2) is 24.4 Å². The molecule has 6 heteroatoms. The van der Waals surface area contributed by atoms with Crippen molar-refractivity contribution < 1.29 is 13.6 Å². The van der Waals surface area contributed by atoms with Crippen molar-refractivity contribution in [3.63, 3.8) is 0 Å². The first kappa shape index (κ1) is 16.6. The number of carbonyl (C=O) groups is 1. The molecule has 0 saturated heterocycles. The van der Waals surface area contributed by atoms with Crippen molar-refractivity contribution in [3.05, 3.63) is 65.2 Å². The van der Waals surface area contributed by atoms with Crippen molar-refractivity contribution in [2.45, 2.75) is 6.54 Å². The molecule has 0 spiro atoms. The molecule has 0 aliphatic rings. The van der Waals surface area contributed by atoms with Gasteiger partial charge in [-0.15, -0.1) is 0 Å². The molecule has 118 valence electrons. The van der Waals surface area contributed by atoms with E-state index in [0.717, 1.165) is 23.8 Å². The third kappa shape index (κ3) is 4.87. The quantitative estimate of drug-likeness (QED) is 0.923. The molecule has 2 aromatic rings. The number of hydrogen-bond acceptors (Lipinski definition) is 3. The molecule has 0 saturated carbocycles. The van der Waals surface area contributed by atoms with Gasteiger partial charge < -0.3 is 5.32 Å². The van der Waals surface area contributed by atoms with E-state index < -0.39 is 17.5 Å². The van der Waals surface area contributed by atoms with E-state index in [0.29, 0.717) is 12.1 Å². The Kier molecular flexibility index (Phi) is 5.39. The van der Waals surface area contributed by atoms with Gasteiger partial charge in [-0.25, -0.2) is 8.78 Å². The number of anilines is 1. The summed E-state index contributed by atoms with van der Waals surface area (Å²) >= 11 is 0. The highest BCUT2D eigenvalue weighted by atomic mass is 19.1. The van der Waals surface area contributed by atoms with Gasteiger partial charge in [-0.1, -0.05) is 12.1 Å². The molecular formula is C17H15F2N3O. The van der Waals surface area contributed by atoms with Crippen LogP contribution in [0.15, 0.2) is 42.5 Å². The van der Waals surface area contributed by atoms with Gasteiger partial charge in [-0.05, 0) is 36.9 Å². The fourth-order valence-corrected chi connectivity index (χ4v) is 2.13. The van der Waals surface area contributed by atoms with Crippen LogP contribution in [-0.2, 0) is 11.3 Å². The minimum absolute atomic E-state index is 0.00668. The van der Waals surface area contributed by atoms with Crippen LogP contribution in [0.25, 0.3) is 0 Å². The molecular weight excluding hydrogens is 300 g/mol. The van der Waals surface area contributed by atoms with Gasteiger partial charge in [0, 0.05) is 12.6 Å². The maximum atomic E-state index is 13.5. The fourth-order valence-electron chi connectivity index (χ4n) is 2.13. The maximum absolute atomic E-state index is 13.5. The highest BCUT2D eigenvalue weighted by Gasteiger charge is 2.11. The van der Waals surface area contributed by atoms with Crippen LogP contribution in [0.2, 0.25) is 0 Å². The second-order valence-electron chi connectivity index (χ2n) is 5.16. The van der Waals surface area contributed by atoms with Gasteiger partial charge >= 0.3 is 0 Å². The Morgan fingerprint density at radius 2 is 2.04 bits per heavy atom. The monoisotopic (exact) mass is 315 g/mol. The molecule has 0 heterocycles. The topological polar surface area (TPSA) is 56.1 Å². The van der Waals surface area contributed by atoms with Crippen LogP contribution in [0.3, 0.4) is 0 Å². The number of nitrogens with one attached hydrogen (secondary N) is 1. The molecule has 0 unspecified atom stereocenters. The number of nitriles is 1. The van der Waals surface area contributed by atoms with Gasteiger partial charge in [0.2, 0.25) is 5.91 Å². The third-order valence-corrected chi connectivity index (χ3v) is 3.12. The molecule has 0 radical (unpaired) electrons. The van der Waals surface area contributed by atoms with E-state index in [4.69, 9.17) is 5.26 Å². The summed E-state index contributed by atoms with van der Waals surface area (Å²) < 4.78 is 26.5. The van der Waals surface area contributed by atoms with Crippen LogP contribution >= 0.6 is 0 Å². The summed E-state index contributed by atoms with van der Waals surface area (Å²) in [5.74, 6) is -1.76. The minimum Gasteiger partial charge on any atom is -0.322 e. The lowest BCUT2D eigenvalue weighted by molar-refractivity contribution is -0.117. The summed E-state index contributed by atoms with van der Waals surface area (Å²) in [7, 11) is 1.72. The molecule has 0 fully saturated rings. The van der Waals surface area contributed by atoms with Crippen LogP contribution in [0.4, 0.5) is 14.5 Å². The van der Waals surface area contributed by atoms with E-state index in [1.165, 1.54) is 0 Å². The fraction of sp³-hybridized carbons (Fsp3) is 0.176. The largest absolute Gasteiger partial charge is 0.322 e. The second kappa shape index (κ2) is 7.47. The van der Waals surface area contributed by atoms with Crippen molar-refractivity contribution in [2.24, 2.45) is 0 Å².